The Morgan fingerprint density at radius 2 is 1.79 bits per heavy atom. The van der Waals surface area contributed by atoms with E-state index in [1.807, 2.05) is 36.4 Å². The van der Waals surface area contributed by atoms with Crippen molar-refractivity contribution < 1.29 is 14.7 Å². The Balaban J connectivity index is 1.96. The maximum Gasteiger partial charge on any atom is 0.307 e. The van der Waals surface area contributed by atoms with E-state index in [0.717, 1.165) is 0 Å². The minimum absolute atomic E-state index is 0.0905. The van der Waals surface area contributed by atoms with Crippen molar-refractivity contribution in [2.45, 2.75) is 13.3 Å². The van der Waals surface area contributed by atoms with Crippen LogP contribution in [0.4, 0.5) is 5.69 Å². The van der Waals surface area contributed by atoms with E-state index in [2.05, 4.69) is 5.10 Å². The topological polar surface area (TPSA) is 70.0 Å². The van der Waals surface area contributed by atoms with Crippen LogP contribution in [0.3, 0.4) is 0 Å². The molecule has 0 bridgehead atoms. The largest absolute Gasteiger partial charge is 0.481 e. The van der Waals surface area contributed by atoms with Crippen LogP contribution in [0.25, 0.3) is 6.08 Å². The molecule has 0 aliphatic carbocycles. The summed E-state index contributed by atoms with van der Waals surface area (Å²) >= 11 is 0. The fourth-order valence-corrected chi connectivity index (χ4v) is 2.58. The van der Waals surface area contributed by atoms with E-state index in [9.17, 15) is 9.59 Å². The van der Waals surface area contributed by atoms with E-state index in [1.165, 1.54) is 5.01 Å². The molecular formula is C19H16N2O3. The van der Waals surface area contributed by atoms with E-state index in [1.54, 1.807) is 31.2 Å². The number of amides is 1. The van der Waals surface area contributed by atoms with E-state index >= 15 is 0 Å². The smallest absolute Gasteiger partial charge is 0.307 e. The number of carbonyl (C=O) groups excluding carboxylic acids is 1. The average Bonchev–Trinajstić information content (AvgIpc) is 2.85. The van der Waals surface area contributed by atoms with E-state index in [-0.39, 0.29) is 12.3 Å². The van der Waals surface area contributed by atoms with Gasteiger partial charge in [0.1, 0.15) is 0 Å². The normalized spacial score (nSPS) is 15.7. The molecule has 2 aromatic carbocycles. The summed E-state index contributed by atoms with van der Waals surface area (Å²) in [5.74, 6) is -1.13. The molecule has 0 unspecified atom stereocenters. The van der Waals surface area contributed by atoms with Crippen molar-refractivity contribution in [3.05, 3.63) is 71.3 Å². The lowest BCUT2D eigenvalue weighted by Gasteiger charge is -2.11. The molecule has 2 aromatic rings. The van der Waals surface area contributed by atoms with Crippen LogP contribution in [0.1, 0.15) is 18.1 Å². The Kier molecular flexibility index (Phi) is 4.24. The molecule has 1 N–H and O–H groups in total. The molecule has 0 radical (unpaired) electrons. The molecule has 1 aliphatic heterocycles. The Morgan fingerprint density at radius 1 is 1.12 bits per heavy atom. The summed E-state index contributed by atoms with van der Waals surface area (Å²) in [4.78, 5) is 23.7. The predicted molar refractivity (Wildman–Crippen MR) is 92.8 cm³/mol. The molecule has 0 spiro atoms. The van der Waals surface area contributed by atoms with Crippen molar-refractivity contribution in [1.29, 1.82) is 0 Å². The molecule has 1 amide bonds. The lowest BCUT2D eigenvalue weighted by Crippen LogP contribution is -2.21. The van der Waals surface area contributed by atoms with Gasteiger partial charge in [0.2, 0.25) is 0 Å². The lowest BCUT2D eigenvalue weighted by atomic mass is 10.0. The quantitative estimate of drug-likeness (QED) is 0.880. The minimum Gasteiger partial charge on any atom is -0.481 e. The Bertz CT molecular complexity index is 854. The molecule has 3 rings (SSSR count). The van der Waals surface area contributed by atoms with Gasteiger partial charge in [-0.1, -0.05) is 42.5 Å². The fourth-order valence-electron chi connectivity index (χ4n) is 2.58. The zero-order valence-electron chi connectivity index (χ0n) is 13.1. The molecule has 1 aliphatic rings. The molecule has 0 saturated carbocycles. The summed E-state index contributed by atoms with van der Waals surface area (Å²) in [6, 6.07) is 16.4. The Hall–Kier alpha value is -3.21. The minimum atomic E-state index is -0.908. The molecule has 0 fully saturated rings. The van der Waals surface area contributed by atoms with Gasteiger partial charge in [0, 0.05) is 0 Å². The summed E-state index contributed by atoms with van der Waals surface area (Å²) in [6.07, 6.45) is 1.62. The zero-order valence-corrected chi connectivity index (χ0v) is 13.1. The van der Waals surface area contributed by atoms with Gasteiger partial charge >= 0.3 is 5.97 Å². The van der Waals surface area contributed by atoms with Crippen LogP contribution in [-0.4, -0.2) is 22.7 Å². The maximum atomic E-state index is 12.7. The highest BCUT2D eigenvalue weighted by Gasteiger charge is 2.28. The van der Waals surface area contributed by atoms with Crippen LogP contribution in [0.5, 0.6) is 0 Å². The number of para-hydroxylation sites is 1. The number of carboxylic acid groups (broad SMARTS) is 1. The van der Waals surface area contributed by atoms with Gasteiger partial charge in [-0.25, -0.2) is 0 Å². The van der Waals surface area contributed by atoms with Crippen LogP contribution in [-0.2, 0) is 16.0 Å². The second-order valence-electron chi connectivity index (χ2n) is 5.47. The summed E-state index contributed by atoms with van der Waals surface area (Å²) in [6.45, 7) is 1.77. The number of nitrogens with zero attached hydrogens (tertiary/aromatic N) is 2. The number of carbonyl (C=O) groups is 2. The Morgan fingerprint density at radius 3 is 2.50 bits per heavy atom. The zero-order chi connectivity index (χ0) is 17.1. The molecule has 120 valence electrons. The van der Waals surface area contributed by atoms with Gasteiger partial charge < -0.3 is 5.11 Å². The average molecular weight is 320 g/mol. The van der Waals surface area contributed by atoms with Crippen LogP contribution in [0.15, 0.2) is 65.3 Å². The molecule has 0 aromatic heterocycles. The van der Waals surface area contributed by atoms with Crippen molar-refractivity contribution in [3.63, 3.8) is 0 Å². The van der Waals surface area contributed by atoms with Gasteiger partial charge in [0.05, 0.1) is 23.4 Å². The first-order valence-electron chi connectivity index (χ1n) is 7.53. The van der Waals surface area contributed by atoms with E-state index in [4.69, 9.17) is 5.11 Å². The van der Waals surface area contributed by atoms with Gasteiger partial charge in [-0.15, -0.1) is 0 Å². The SMILES string of the molecule is CC1=NN(c2ccccc2)C(=O)C1=Cc1ccccc1CC(=O)O. The number of hydrogen-bond donors (Lipinski definition) is 1. The highest BCUT2D eigenvalue weighted by Crippen LogP contribution is 2.25. The van der Waals surface area contributed by atoms with E-state index < -0.39 is 5.97 Å². The van der Waals surface area contributed by atoms with Crippen LogP contribution in [0.2, 0.25) is 0 Å². The standard InChI is InChI=1S/C19H16N2O3/c1-13-17(11-14-7-5-6-8-15(14)12-18(22)23)19(24)21(20-13)16-9-3-2-4-10-16/h2-11H,12H2,1H3,(H,22,23). The fraction of sp³-hybridized carbons (Fsp3) is 0.105. The molecular weight excluding hydrogens is 304 g/mol. The van der Waals surface area contributed by atoms with Gasteiger partial charge in [0.25, 0.3) is 5.91 Å². The number of benzene rings is 2. The van der Waals surface area contributed by atoms with Crippen LogP contribution in [0, 0.1) is 0 Å². The molecule has 0 saturated heterocycles. The van der Waals surface area contributed by atoms with Crippen molar-refractivity contribution in [2.75, 3.05) is 5.01 Å². The number of hydrazone groups is 1. The summed E-state index contributed by atoms with van der Waals surface area (Å²) in [7, 11) is 0. The van der Waals surface area contributed by atoms with Gasteiger partial charge in [0.15, 0.2) is 0 Å². The van der Waals surface area contributed by atoms with Crippen molar-refractivity contribution in [3.8, 4) is 0 Å². The summed E-state index contributed by atoms with van der Waals surface area (Å²) in [5.41, 5.74) is 3.15. The predicted octanol–water partition coefficient (Wildman–Crippen LogP) is 3.12. The third kappa shape index (κ3) is 3.10. The molecule has 5 nitrogen and oxygen atoms in total. The first-order valence-corrected chi connectivity index (χ1v) is 7.53. The second kappa shape index (κ2) is 6.50. The van der Waals surface area contributed by atoms with Crippen molar-refractivity contribution >= 4 is 29.4 Å². The number of hydrogen-bond acceptors (Lipinski definition) is 3. The summed E-state index contributed by atoms with van der Waals surface area (Å²) in [5, 5.41) is 14.7. The van der Waals surface area contributed by atoms with Crippen molar-refractivity contribution in [1.82, 2.24) is 0 Å². The highest BCUT2D eigenvalue weighted by molar-refractivity contribution is 6.32. The van der Waals surface area contributed by atoms with Gasteiger partial charge in [-0.3, -0.25) is 9.59 Å². The first kappa shape index (κ1) is 15.7. The van der Waals surface area contributed by atoms with Crippen molar-refractivity contribution in [2.24, 2.45) is 5.10 Å². The molecule has 5 heteroatoms. The van der Waals surface area contributed by atoms with E-state index in [0.29, 0.717) is 28.1 Å². The number of aliphatic carboxylic acids is 1. The first-order chi connectivity index (χ1) is 11.6. The second-order valence-corrected chi connectivity index (χ2v) is 5.47. The third-order valence-corrected chi connectivity index (χ3v) is 3.76. The van der Waals surface area contributed by atoms with Crippen LogP contribution >= 0.6 is 0 Å². The maximum absolute atomic E-state index is 12.7. The summed E-state index contributed by atoms with van der Waals surface area (Å²) < 4.78 is 0. The number of rotatable bonds is 4. The third-order valence-electron chi connectivity index (χ3n) is 3.76. The molecule has 1 heterocycles. The Labute approximate surface area is 139 Å². The highest BCUT2D eigenvalue weighted by atomic mass is 16.4. The lowest BCUT2D eigenvalue weighted by molar-refractivity contribution is -0.136. The van der Waals surface area contributed by atoms with Gasteiger partial charge in [-0.05, 0) is 36.3 Å². The number of anilines is 1. The number of carboxylic acids is 1. The molecule has 0 atom stereocenters. The van der Waals surface area contributed by atoms with Crippen LogP contribution < -0.4 is 5.01 Å². The molecule has 24 heavy (non-hydrogen) atoms. The monoisotopic (exact) mass is 320 g/mol. The van der Waals surface area contributed by atoms with Gasteiger partial charge in [-0.2, -0.15) is 10.1 Å².